The average molecular weight is 423 g/mol. The van der Waals surface area contributed by atoms with E-state index in [9.17, 15) is 9.59 Å². The Labute approximate surface area is 179 Å². The van der Waals surface area contributed by atoms with Crippen molar-refractivity contribution in [1.29, 1.82) is 0 Å². The van der Waals surface area contributed by atoms with Gasteiger partial charge >= 0.3 is 5.97 Å². The molecule has 0 saturated heterocycles. The Morgan fingerprint density at radius 3 is 2.45 bits per heavy atom. The number of carbonyl (C=O) groups excluding carboxylic acids is 2. The molecule has 1 fully saturated rings. The third kappa shape index (κ3) is 11.5. The fourth-order valence-corrected chi connectivity index (χ4v) is 5.13. The number of rotatable bonds is 14. The molecule has 5 heteroatoms. The van der Waals surface area contributed by atoms with Crippen LogP contribution in [-0.4, -0.2) is 33.3 Å². The summed E-state index contributed by atoms with van der Waals surface area (Å²) in [5.41, 5.74) is 0. The number of methoxy groups -OCH3 is 1. The minimum absolute atomic E-state index is 0.147. The van der Waals surface area contributed by atoms with Gasteiger partial charge in [0.15, 0.2) is 14.1 Å². The van der Waals surface area contributed by atoms with Gasteiger partial charge in [-0.3, -0.25) is 9.59 Å². The van der Waals surface area contributed by atoms with E-state index >= 15 is 0 Å². The van der Waals surface area contributed by atoms with Crippen LogP contribution >= 0.6 is 0 Å². The van der Waals surface area contributed by atoms with Gasteiger partial charge in [-0.05, 0) is 76.1 Å². The summed E-state index contributed by atoms with van der Waals surface area (Å²) >= 11 is 0. The highest BCUT2D eigenvalue weighted by Gasteiger charge is 2.37. The molecule has 166 valence electrons. The SMILES string of the molecule is CCCCCC(=O)C=CC1CCC(O[Si](C)(C)C)C1C/C=C/CCCC(=O)OC. The molecule has 0 bridgehead atoms. The van der Waals surface area contributed by atoms with Crippen LogP contribution < -0.4 is 0 Å². The monoisotopic (exact) mass is 422 g/mol. The Kier molecular flexibility index (Phi) is 12.4. The van der Waals surface area contributed by atoms with E-state index in [0.717, 1.165) is 51.4 Å². The molecule has 0 radical (unpaired) electrons. The number of carbonyl (C=O) groups is 2. The zero-order chi connectivity index (χ0) is 21.7. The third-order valence-corrected chi connectivity index (χ3v) is 6.44. The van der Waals surface area contributed by atoms with E-state index in [1.165, 1.54) is 7.11 Å². The molecule has 0 N–H and O–H groups in total. The van der Waals surface area contributed by atoms with Gasteiger partial charge in [-0.25, -0.2) is 0 Å². The minimum atomic E-state index is -1.60. The van der Waals surface area contributed by atoms with Crippen molar-refractivity contribution in [3.63, 3.8) is 0 Å². The molecule has 1 saturated carbocycles. The molecule has 0 aromatic rings. The lowest BCUT2D eigenvalue weighted by atomic mass is 9.90. The fourth-order valence-electron chi connectivity index (χ4n) is 3.93. The molecule has 0 spiro atoms. The third-order valence-electron chi connectivity index (χ3n) is 5.43. The molecule has 0 aromatic carbocycles. The van der Waals surface area contributed by atoms with Gasteiger partial charge in [0.2, 0.25) is 0 Å². The summed E-state index contributed by atoms with van der Waals surface area (Å²) in [6.07, 6.45) is 17.9. The predicted molar refractivity (Wildman–Crippen MR) is 122 cm³/mol. The van der Waals surface area contributed by atoms with Crippen LogP contribution in [0.4, 0.5) is 0 Å². The Bertz CT molecular complexity index is 548. The van der Waals surface area contributed by atoms with Gasteiger partial charge in [-0.1, -0.05) is 38.0 Å². The van der Waals surface area contributed by atoms with E-state index in [1.807, 2.05) is 6.08 Å². The van der Waals surface area contributed by atoms with Gasteiger partial charge in [0.1, 0.15) is 0 Å². The van der Waals surface area contributed by atoms with E-state index in [0.29, 0.717) is 24.7 Å². The summed E-state index contributed by atoms with van der Waals surface area (Å²) in [5.74, 6) is 0.946. The molecule has 29 heavy (non-hydrogen) atoms. The molecule has 0 amide bonds. The first-order valence-corrected chi connectivity index (χ1v) is 14.8. The molecule has 1 rings (SSSR count). The van der Waals surface area contributed by atoms with E-state index in [1.54, 1.807) is 0 Å². The number of ketones is 1. The first-order chi connectivity index (χ1) is 13.8. The summed E-state index contributed by atoms with van der Waals surface area (Å²) in [5, 5.41) is 0. The average Bonchev–Trinajstić information content (AvgIpc) is 3.02. The lowest BCUT2D eigenvalue weighted by molar-refractivity contribution is -0.140. The molecule has 0 aromatic heterocycles. The topological polar surface area (TPSA) is 52.6 Å². The standard InChI is InChI=1S/C24H42O4Si/c1-6-7-10-13-21(25)18-16-20-17-19-23(28-29(3,4)5)22(20)14-11-8-9-12-15-24(26)27-2/h8,11,16,18,20,22-23H,6-7,9-10,12-15,17,19H2,1-5H3/b11-8+,18-16?. The molecule has 4 nitrogen and oxygen atoms in total. The van der Waals surface area contributed by atoms with Crippen molar-refractivity contribution in [3.05, 3.63) is 24.3 Å². The molecule has 3 atom stereocenters. The highest BCUT2D eigenvalue weighted by molar-refractivity contribution is 6.69. The molecule has 0 aliphatic heterocycles. The predicted octanol–water partition coefficient (Wildman–Crippen LogP) is 6.23. The van der Waals surface area contributed by atoms with E-state index in [-0.39, 0.29) is 17.9 Å². The molecule has 3 unspecified atom stereocenters. The summed E-state index contributed by atoms with van der Waals surface area (Å²) in [6.45, 7) is 8.89. The van der Waals surface area contributed by atoms with Crippen LogP contribution in [0, 0.1) is 11.8 Å². The lowest BCUT2D eigenvalue weighted by Crippen LogP contribution is -2.34. The summed E-state index contributed by atoms with van der Waals surface area (Å²) in [7, 11) is -0.174. The largest absolute Gasteiger partial charge is 0.469 e. The molecular weight excluding hydrogens is 380 g/mol. The highest BCUT2D eigenvalue weighted by atomic mass is 28.4. The Morgan fingerprint density at radius 1 is 1.03 bits per heavy atom. The second-order valence-corrected chi connectivity index (χ2v) is 13.6. The van der Waals surface area contributed by atoms with Gasteiger partial charge < -0.3 is 9.16 Å². The summed E-state index contributed by atoms with van der Waals surface area (Å²) in [6, 6.07) is 0. The van der Waals surface area contributed by atoms with Crippen molar-refractivity contribution in [1.82, 2.24) is 0 Å². The van der Waals surface area contributed by atoms with Crippen molar-refractivity contribution in [3.8, 4) is 0 Å². The number of hydrogen-bond donors (Lipinski definition) is 0. The summed E-state index contributed by atoms with van der Waals surface area (Å²) < 4.78 is 11.2. The Morgan fingerprint density at radius 2 is 1.79 bits per heavy atom. The van der Waals surface area contributed by atoms with Gasteiger partial charge in [-0.2, -0.15) is 0 Å². The zero-order valence-corrected chi connectivity index (χ0v) is 20.2. The van der Waals surface area contributed by atoms with Crippen LogP contribution in [-0.2, 0) is 18.8 Å². The van der Waals surface area contributed by atoms with Crippen LogP contribution in [0.1, 0.15) is 71.1 Å². The lowest BCUT2D eigenvalue weighted by Gasteiger charge is -2.29. The van der Waals surface area contributed by atoms with Crippen LogP contribution in [0.3, 0.4) is 0 Å². The number of hydrogen-bond acceptors (Lipinski definition) is 4. The molecular formula is C24H42O4Si. The number of esters is 1. The number of ether oxygens (including phenoxy) is 1. The molecule has 1 aliphatic rings. The normalized spacial score (nSPS) is 22.6. The number of unbranched alkanes of at least 4 members (excludes halogenated alkanes) is 3. The van der Waals surface area contributed by atoms with Crippen molar-refractivity contribution in [2.24, 2.45) is 11.8 Å². The molecule has 0 heterocycles. The smallest absolute Gasteiger partial charge is 0.305 e. The van der Waals surface area contributed by atoms with Gasteiger partial charge in [-0.15, -0.1) is 0 Å². The van der Waals surface area contributed by atoms with E-state index in [4.69, 9.17) is 4.43 Å². The summed E-state index contributed by atoms with van der Waals surface area (Å²) in [4.78, 5) is 23.3. The van der Waals surface area contributed by atoms with Crippen molar-refractivity contribution >= 4 is 20.1 Å². The number of allylic oxidation sites excluding steroid dienone is 4. The van der Waals surface area contributed by atoms with Gasteiger partial charge in [0.25, 0.3) is 0 Å². The highest BCUT2D eigenvalue weighted by Crippen LogP contribution is 2.39. The zero-order valence-electron chi connectivity index (χ0n) is 19.2. The molecule has 1 aliphatic carbocycles. The van der Waals surface area contributed by atoms with Gasteiger partial charge in [0.05, 0.1) is 7.11 Å². The van der Waals surface area contributed by atoms with Gasteiger partial charge in [0, 0.05) is 18.9 Å². The van der Waals surface area contributed by atoms with Crippen LogP contribution in [0.25, 0.3) is 0 Å². The second kappa shape index (κ2) is 13.9. The first-order valence-electron chi connectivity index (χ1n) is 11.4. The van der Waals surface area contributed by atoms with Crippen LogP contribution in [0.15, 0.2) is 24.3 Å². The Balaban J connectivity index is 2.61. The van der Waals surface area contributed by atoms with Crippen molar-refractivity contribution < 1.29 is 18.8 Å². The maximum Gasteiger partial charge on any atom is 0.305 e. The van der Waals surface area contributed by atoms with Crippen molar-refractivity contribution in [2.45, 2.75) is 96.9 Å². The van der Waals surface area contributed by atoms with E-state index in [2.05, 4.69) is 49.5 Å². The van der Waals surface area contributed by atoms with Crippen LogP contribution in [0.2, 0.25) is 19.6 Å². The first kappa shape index (κ1) is 25.8. The maximum absolute atomic E-state index is 12.1. The van der Waals surface area contributed by atoms with Crippen LogP contribution in [0.5, 0.6) is 0 Å². The van der Waals surface area contributed by atoms with E-state index < -0.39 is 8.32 Å². The Hall–Kier alpha value is -1.20. The van der Waals surface area contributed by atoms with Crippen molar-refractivity contribution in [2.75, 3.05) is 7.11 Å². The maximum atomic E-state index is 12.1. The fraction of sp³-hybridized carbons (Fsp3) is 0.750. The quantitative estimate of drug-likeness (QED) is 0.109. The minimum Gasteiger partial charge on any atom is -0.469 e. The second-order valence-electron chi connectivity index (χ2n) is 9.13.